The number of imide groups is 2. The fraction of sp³-hybridized carbons (Fsp3) is 0.276. The van der Waals surface area contributed by atoms with Crippen molar-refractivity contribution >= 4 is 29.2 Å². The number of carbonyl (C=O) groups excluding carboxylic acids is 3. The Morgan fingerprint density at radius 1 is 0.833 bits per heavy atom. The minimum atomic E-state index is -1.38. The van der Waals surface area contributed by atoms with Crippen molar-refractivity contribution in [3.8, 4) is 0 Å². The van der Waals surface area contributed by atoms with Gasteiger partial charge in [-0.15, -0.1) is 0 Å². The smallest absolute Gasteiger partial charge is 0.330 e. The average molecular weight is 481 g/mol. The summed E-state index contributed by atoms with van der Waals surface area (Å²) in [6.07, 6.45) is 0.804. The van der Waals surface area contributed by atoms with Crippen LogP contribution in [0.15, 0.2) is 84.9 Å². The topological polar surface area (TPSA) is 73.0 Å². The Hall–Kier alpha value is -4.13. The lowest BCUT2D eigenvalue weighted by molar-refractivity contribution is -0.153. The molecule has 0 aliphatic carbocycles. The summed E-state index contributed by atoms with van der Waals surface area (Å²) >= 11 is 0. The third-order valence-electron chi connectivity index (χ3n) is 7.81. The monoisotopic (exact) mass is 480 g/mol. The first-order chi connectivity index (χ1) is 17.6. The molecular formula is C29H28N4O3. The SMILES string of the molecule is O=C1NC(=O)C2(Cc3ccccc3N3CCN(c4ccccc4)CC32)C(=O)N1CCc1ccccc1. The molecule has 7 heteroatoms. The van der Waals surface area contributed by atoms with Gasteiger partial charge in [-0.25, -0.2) is 4.79 Å². The first kappa shape index (κ1) is 22.3. The van der Waals surface area contributed by atoms with Crippen LogP contribution in [0.4, 0.5) is 16.2 Å². The van der Waals surface area contributed by atoms with Gasteiger partial charge in [0.25, 0.3) is 0 Å². The van der Waals surface area contributed by atoms with Gasteiger partial charge in [-0.1, -0.05) is 66.7 Å². The largest absolute Gasteiger partial charge is 0.368 e. The van der Waals surface area contributed by atoms with Crippen LogP contribution in [0.3, 0.4) is 0 Å². The fourth-order valence-corrected chi connectivity index (χ4v) is 5.97. The standard InChI is InChI=1S/C29H28N4O3/c34-26-29(27(35)33(28(36)30-26)16-15-21-9-3-1-4-10-21)19-22-11-7-8-14-24(22)32-18-17-31(20-25(29)32)23-12-5-2-6-13-23/h1-14,25H,15-20H2,(H,30,34,36). The molecule has 3 aromatic rings. The first-order valence-corrected chi connectivity index (χ1v) is 12.4. The second-order valence-corrected chi connectivity index (χ2v) is 9.72. The van der Waals surface area contributed by atoms with Crippen molar-refractivity contribution in [2.75, 3.05) is 36.0 Å². The van der Waals surface area contributed by atoms with Crippen molar-refractivity contribution in [2.45, 2.75) is 18.9 Å². The molecule has 0 radical (unpaired) electrons. The van der Waals surface area contributed by atoms with Crippen molar-refractivity contribution in [3.63, 3.8) is 0 Å². The van der Waals surface area contributed by atoms with Crippen LogP contribution in [0.25, 0.3) is 0 Å². The quantitative estimate of drug-likeness (QED) is 0.581. The lowest BCUT2D eigenvalue weighted by Crippen LogP contribution is -2.75. The van der Waals surface area contributed by atoms with Gasteiger partial charge >= 0.3 is 6.03 Å². The molecular weight excluding hydrogens is 452 g/mol. The lowest BCUT2D eigenvalue weighted by atomic mass is 9.67. The number of nitrogens with zero attached hydrogens (tertiary/aromatic N) is 3. The molecule has 182 valence electrons. The van der Waals surface area contributed by atoms with E-state index in [0.717, 1.165) is 29.0 Å². The van der Waals surface area contributed by atoms with Gasteiger partial charge in [0.2, 0.25) is 11.8 Å². The zero-order chi connectivity index (χ0) is 24.7. The van der Waals surface area contributed by atoms with Crippen molar-refractivity contribution in [1.82, 2.24) is 10.2 Å². The van der Waals surface area contributed by atoms with E-state index in [-0.39, 0.29) is 13.0 Å². The molecule has 0 bridgehead atoms. The summed E-state index contributed by atoms with van der Waals surface area (Å²) in [7, 11) is 0. The highest BCUT2D eigenvalue weighted by molar-refractivity contribution is 6.20. The predicted molar refractivity (Wildman–Crippen MR) is 138 cm³/mol. The highest BCUT2D eigenvalue weighted by Gasteiger charge is 2.62. The second-order valence-electron chi connectivity index (χ2n) is 9.72. The number of hydrogen-bond donors (Lipinski definition) is 1. The Labute approximate surface area is 210 Å². The van der Waals surface area contributed by atoms with Gasteiger partial charge < -0.3 is 9.80 Å². The number of benzene rings is 3. The maximum atomic E-state index is 14.3. The number of para-hydroxylation sites is 2. The van der Waals surface area contributed by atoms with Crippen molar-refractivity contribution in [1.29, 1.82) is 0 Å². The van der Waals surface area contributed by atoms with Gasteiger partial charge in [0.1, 0.15) is 0 Å². The van der Waals surface area contributed by atoms with Crippen molar-refractivity contribution < 1.29 is 14.4 Å². The molecule has 0 saturated carbocycles. The van der Waals surface area contributed by atoms with Gasteiger partial charge in [-0.2, -0.15) is 0 Å². The van der Waals surface area contributed by atoms with E-state index < -0.39 is 29.3 Å². The summed E-state index contributed by atoms with van der Waals surface area (Å²) in [4.78, 5) is 46.5. The van der Waals surface area contributed by atoms with Crippen LogP contribution in [-0.4, -0.2) is 55.0 Å². The summed E-state index contributed by atoms with van der Waals surface area (Å²) in [5, 5.41) is 2.56. The molecule has 6 rings (SSSR count). The van der Waals surface area contributed by atoms with Crippen LogP contribution in [-0.2, 0) is 22.4 Å². The molecule has 2 saturated heterocycles. The molecule has 3 aliphatic rings. The van der Waals surface area contributed by atoms with E-state index in [2.05, 4.69) is 33.3 Å². The highest BCUT2D eigenvalue weighted by Crippen LogP contribution is 2.46. The van der Waals surface area contributed by atoms with Gasteiger partial charge in [0.05, 0.1) is 6.04 Å². The van der Waals surface area contributed by atoms with Gasteiger partial charge in [-0.05, 0) is 42.2 Å². The number of fused-ring (bicyclic) bond motifs is 4. The number of rotatable bonds is 4. The summed E-state index contributed by atoms with van der Waals surface area (Å²) in [6, 6.07) is 26.8. The van der Waals surface area contributed by atoms with Crippen LogP contribution >= 0.6 is 0 Å². The zero-order valence-corrected chi connectivity index (χ0v) is 20.0. The molecule has 1 spiro atoms. The fourth-order valence-electron chi connectivity index (χ4n) is 5.97. The van der Waals surface area contributed by atoms with E-state index in [0.29, 0.717) is 19.5 Å². The van der Waals surface area contributed by atoms with Crippen LogP contribution in [0.1, 0.15) is 11.1 Å². The maximum absolute atomic E-state index is 14.3. The summed E-state index contributed by atoms with van der Waals surface area (Å²) in [6.45, 7) is 2.19. The molecule has 2 atom stereocenters. The van der Waals surface area contributed by atoms with E-state index in [1.807, 2.05) is 66.7 Å². The molecule has 1 N–H and O–H groups in total. The Morgan fingerprint density at radius 3 is 2.31 bits per heavy atom. The van der Waals surface area contributed by atoms with E-state index in [9.17, 15) is 14.4 Å². The Bertz CT molecular complexity index is 1310. The van der Waals surface area contributed by atoms with Gasteiger partial charge in [-0.3, -0.25) is 19.8 Å². The number of amides is 4. The van der Waals surface area contributed by atoms with E-state index in [1.54, 1.807) is 0 Å². The highest BCUT2D eigenvalue weighted by atomic mass is 16.2. The van der Waals surface area contributed by atoms with E-state index >= 15 is 0 Å². The number of urea groups is 1. The summed E-state index contributed by atoms with van der Waals surface area (Å²) < 4.78 is 0. The Balaban J connectivity index is 1.39. The molecule has 36 heavy (non-hydrogen) atoms. The number of anilines is 2. The minimum Gasteiger partial charge on any atom is -0.368 e. The minimum absolute atomic E-state index is 0.223. The third-order valence-corrected chi connectivity index (χ3v) is 7.81. The predicted octanol–water partition coefficient (Wildman–Crippen LogP) is 3.25. The number of hydrogen-bond acceptors (Lipinski definition) is 5. The van der Waals surface area contributed by atoms with E-state index in [4.69, 9.17) is 0 Å². The average Bonchev–Trinajstić information content (AvgIpc) is 2.92. The molecule has 3 heterocycles. The second kappa shape index (κ2) is 8.82. The normalized spacial score (nSPS) is 23.4. The summed E-state index contributed by atoms with van der Waals surface area (Å²) in [5.74, 6) is -0.889. The molecule has 3 aliphatic heterocycles. The molecule has 2 unspecified atom stereocenters. The van der Waals surface area contributed by atoms with E-state index in [1.165, 1.54) is 4.90 Å². The van der Waals surface area contributed by atoms with Crippen LogP contribution in [0.5, 0.6) is 0 Å². The van der Waals surface area contributed by atoms with Gasteiger partial charge in [0.15, 0.2) is 5.41 Å². The van der Waals surface area contributed by atoms with Crippen LogP contribution < -0.4 is 15.1 Å². The van der Waals surface area contributed by atoms with Crippen LogP contribution in [0.2, 0.25) is 0 Å². The molecule has 3 aromatic carbocycles. The Kier molecular flexibility index (Phi) is 5.48. The van der Waals surface area contributed by atoms with Crippen molar-refractivity contribution in [2.24, 2.45) is 5.41 Å². The number of carbonyl (C=O) groups is 3. The van der Waals surface area contributed by atoms with Crippen LogP contribution in [0, 0.1) is 5.41 Å². The molecule has 2 fully saturated rings. The number of barbiturate groups is 1. The maximum Gasteiger partial charge on any atom is 0.330 e. The summed E-state index contributed by atoms with van der Waals surface area (Å²) in [5.41, 5.74) is 2.74. The molecule has 0 aromatic heterocycles. The molecule has 4 amide bonds. The van der Waals surface area contributed by atoms with Gasteiger partial charge in [0, 0.05) is 37.6 Å². The zero-order valence-electron chi connectivity index (χ0n) is 20.0. The third kappa shape index (κ3) is 3.54. The number of piperazine rings is 1. The van der Waals surface area contributed by atoms with Crippen molar-refractivity contribution in [3.05, 3.63) is 96.1 Å². The lowest BCUT2D eigenvalue weighted by Gasteiger charge is -2.55. The Morgan fingerprint density at radius 2 is 1.53 bits per heavy atom. The molecule has 7 nitrogen and oxygen atoms in total. The first-order valence-electron chi connectivity index (χ1n) is 12.4. The number of nitrogens with one attached hydrogen (secondary N) is 1.